The van der Waals surface area contributed by atoms with Gasteiger partial charge in [-0.3, -0.25) is 9.48 Å². The average Bonchev–Trinajstić information content (AvgIpc) is 2.52. The van der Waals surface area contributed by atoms with E-state index < -0.39 is 11.9 Å². The first kappa shape index (κ1) is 11.6. The molecule has 1 unspecified atom stereocenters. The van der Waals surface area contributed by atoms with Crippen LogP contribution in [0.5, 0.6) is 0 Å². The van der Waals surface area contributed by atoms with Crippen LogP contribution in [0.1, 0.15) is 29.7 Å². The SMILES string of the molecule is Cc1cc(C(C)C(=O)O)c2c(C)nn(C)c2c1. The molecule has 0 aliphatic heterocycles. The van der Waals surface area contributed by atoms with Gasteiger partial charge in [0, 0.05) is 12.4 Å². The number of carboxylic acids is 1. The van der Waals surface area contributed by atoms with Gasteiger partial charge >= 0.3 is 5.97 Å². The third-order valence-electron chi connectivity index (χ3n) is 3.14. The summed E-state index contributed by atoms with van der Waals surface area (Å²) >= 11 is 0. The van der Waals surface area contributed by atoms with Crippen molar-refractivity contribution in [3.05, 3.63) is 29.0 Å². The Balaban J connectivity index is 2.82. The molecule has 90 valence electrons. The molecule has 0 saturated carbocycles. The molecule has 17 heavy (non-hydrogen) atoms. The number of hydrogen-bond donors (Lipinski definition) is 1. The van der Waals surface area contributed by atoms with Gasteiger partial charge in [-0.05, 0) is 38.0 Å². The fourth-order valence-electron chi connectivity index (χ4n) is 2.25. The van der Waals surface area contributed by atoms with Crippen molar-refractivity contribution in [1.82, 2.24) is 9.78 Å². The van der Waals surface area contributed by atoms with Crippen LogP contribution in [-0.2, 0) is 11.8 Å². The second-order valence-electron chi connectivity index (χ2n) is 4.52. The number of carboxylic acid groups (broad SMARTS) is 1. The van der Waals surface area contributed by atoms with Crippen LogP contribution in [0.2, 0.25) is 0 Å². The topological polar surface area (TPSA) is 55.1 Å². The number of aromatic nitrogens is 2. The number of nitrogens with zero attached hydrogens (tertiary/aromatic N) is 2. The number of carbonyl (C=O) groups is 1. The maximum atomic E-state index is 11.1. The Morgan fingerprint density at radius 2 is 2.06 bits per heavy atom. The van der Waals surface area contributed by atoms with E-state index >= 15 is 0 Å². The lowest BCUT2D eigenvalue weighted by Crippen LogP contribution is -2.08. The van der Waals surface area contributed by atoms with Crippen molar-refractivity contribution < 1.29 is 9.90 Å². The van der Waals surface area contributed by atoms with Crippen molar-refractivity contribution in [1.29, 1.82) is 0 Å². The van der Waals surface area contributed by atoms with Crippen LogP contribution in [0.15, 0.2) is 12.1 Å². The van der Waals surface area contributed by atoms with E-state index in [2.05, 4.69) is 5.10 Å². The Bertz CT molecular complexity index is 599. The monoisotopic (exact) mass is 232 g/mol. The summed E-state index contributed by atoms with van der Waals surface area (Å²) < 4.78 is 1.80. The van der Waals surface area contributed by atoms with Gasteiger partial charge in [0.2, 0.25) is 0 Å². The van der Waals surface area contributed by atoms with Gasteiger partial charge in [0.25, 0.3) is 0 Å². The quantitative estimate of drug-likeness (QED) is 0.864. The van der Waals surface area contributed by atoms with Crippen molar-refractivity contribution in [2.75, 3.05) is 0 Å². The first-order valence-electron chi connectivity index (χ1n) is 5.58. The van der Waals surface area contributed by atoms with E-state index in [0.29, 0.717) is 0 Å². The lowest BCUT2D eigenvalue weighted by Gasteiger charge is -2.10. The summed E-state index contributed by atoms with van der Waals surface area (Å²) in [5, 5.41) is 14.5. The minimum absolute atomic E-state index is 0.514. The second kappa shape index (κ2) is 3.87. The average molecular weight is 232 g/mol. The number of fused-ring (bicyclic) bond motifs is 1. The molecular weight excluding hydrogens is 216 g/mol. The smallest absolute Gasteiger partial charge is 0.310 e. The Hall–Kier alpha value is -1.84. The van der Waals surface area contributed by atoms with E-state index in [1.807, 2.05) is 33.0 Å². The van der Waals surface area contributed by atoms with Crippen LogP contribution in [0.4, 0.5) is 0 Å². The molecule has 1 N–H and O–H groups in total. The van der Waals surface area contributed by atoms with Gasteiger partial charge in [-0.25, -0.2) is 0 Å². The number of rotatable bonds is 2. The summed E-state index contributed by atoms with van der Waals surface area (Å²) in [6, 6.07) is 3.98. The van der Waals surface area contributed by atoms with Gasteiger partial charge in [-0.15, -0.1) is 0 Å². The number of hydrogen-bond acceptors (Lipinski definition) is 2. The fourth-order valence-corrected chi connectivity index (χ4v) is 2.25. The van der Waals surface area contributed by atoms with Gasteiger partial charge in [0.15, 0.2) is 0 Å². The van der Waals surface area contributed by atoms with Gasteiger partial charge in [0.1, 0.15) is 0 Å². The maximum absolute atomic E-state index is 11.1. The van der Waals surface area contributed by atoms with Crippen LogP contribution in [0.3, 0.4) is 0 Å². The highest BCUT2D eigenvalue weighted by atomic mass is 16.4. The molecule has 4 nitrogen and oxygen atoms in total. The number of benzene rings is 1. The highest BCUT2D eigenvalue weighted by Gasteiger charge is 2.20. The van der Waals surface area contributed by atoms with Crippen molar-refractivity contribution in [2.45, 2.75) is 26.7 Å². The molecule has 4 heteroatoms. The van der Waals surface area contributed by atoms with Gasteiger partial charge in [-0.2, -0.15) is 5.10 Å². The lowest BCUT2D eigenvalue weighted by atomic mass is 9.94. The maximum Gasteiger partial charge on any atom is 0.310 e. The Morgan fingerprint density at radius 1 is 1.41 bits per heavy atom. The first-order chi connectivity index (χ1) is 7.91. The molecular formula is C13H16N2O2. The Kier molecular flexibility index (Phi) is 2.65. The zero-order valence-electron chi connectivity index (χ0n) is 10.5. The molecule has 0 amide bonds. The molecule has 0 radical (unpaired) electrons. The molecule has 0 bridgehead atoms. The third kappa shape index (κ3) is 1.79. The molecule has 0 fully saturated rings. The van der Waals surface area contributed by atoms with Gasteiger partial charge in [-0.1, -0.05) is 6.07 Å². The molecule has 1 aromatic heterocycles. The standard InChI is InChI=1S/C13H16N2O2/c1-7-5-10(8(2)13(16)17)12-9(3)14-15(4)11(12)6-7/h5-6,8H,1-4H3,(H,16,17). The molecule has 1 heterocycles. The molecule has 0 aliphatic carbocycles. The van der Waals surface area contributed by atoms with Crippen molar-refractivity contribution in [2.24, 2.45) is 7.05 Å². The lowest BCUT2D eigenvalue weighted by molar-refractivity contribution is -0.138. The van der Waals surface area contributed by atoms with Gasteiger partial charge < -0.3 is 5.11 Å². The molecule has 0 saturated heterocycles. The molecule has 0 spiro atoms. The van der Waals surface area contributed by atoms with Crippen molar-refractivity contribution >= 4 is 16.9 Å². The van der Waals surface area contributed by atoms with E-state index in [-0.39, 0.29) is 0 Å². The predicted molar refractivity (Wildman–Crippen MR) is 66.2 cm³/mol. The second-order valence-corrected chi connectivity index (χ2v) is 4.52. The van der Waals surface area contributed by atoms with E-state index in [1.54, 1.807) is 11.6 Å². The predicted octanol–water partition coefficient (Wildman–Crippen LogP) is 2.38. The summed E-state index contributed by atoms with van der Waals surface area (Å²) in [4.78, 5) is 11.1. The minimum Gasteiger partial charge on any atom is -0.481 e. The van der Waals surface area contributed by atoms with Crippen LogP contribution in [0.25, 0.3) is 10.9 Å². The summed E-state index contributed by atoms with van der Waals surface area (Å²) in [6.45, 7) is 5.60. The highest BCUT2D eigenvalue weighted by Crippen LogP contribution is 2.29. The van der Waals surface area contributed by atoms with E-state index in [1.165, 1.54) is 0 Å². The number of aryl methyl sites for hydroxylation is 3. The van der Waals surface area contributed by atoms with E-state index in [4.69, 9.17) is 5.11 Å². The fraction of sp³-hybridized carbons (Fsp3) is 0.385. The van der Waals surface area contributed by atoms with Crippen LogP contribution in [-0.4, -0.2) is 20.9 Å². The summed E-state index contributed by atoms with van der Waals surface area (Å²) in [5.74, 6) is -1.32. The van der Waals surface area contributed by atoms with Crippen molar-refractivity contribution in [3.8, 4) is 0 Å². The zero-order valence-corrected chi connectivity index (χ0v) is 10.5. The van der Waals surface area contributed by atoms with Crippen LogP contribution < -0.4 is 0 Å². The largest absolute Gasteiger partial charge is 0.481 e. The third-order valence-corrected chi connectivity index (χ3v) is 3.14. The summed E-state index contributed by atoms with van der Waals surface area (Å²) in [5.41, 5.74) is 3.78. The van der Waals surface area contributed by atoms with Crippen molar-refractivity contribution in [3.63, 3.8) is 0 Å². The van der Waals surface area contributed by atoms with E-state index in [0.717, 1.165) is 27.7 Å². The molecule has 1 atom stereocenters. The molecule has 2 aromatic rings. The molecule has 2 rings (SSSR count). The van der Waals surface area contributed by atoms with E-state index in [9.17, 15) is 4.79 Å². The Labute approximate surface area is 99.9 Å². The first-order valence-corrected chi connectivity index (χ1v) is 5.58. The minimum atomic E-state index is -0.805. The Morgan fingerprint density at radius 3 is 2.65 bits per heavy atom. The summed E-state index contributed by atoms with van der Waals surface area (Å²) in [6.07, 6.45) is 0. The van der Waals surface area contributed by atoms with Gasteiger partial charge in [0.05, 0.1) is 17.1 Å². The van der Waals surface area contributed by atoms with Crippen LogP contribution in [0, 0.1) is 13.8 Å². The normalized spacial score (nSPS) is 12.9. The molecule has 0 aliphatic rings. The molecule has 1 aromatic carbocycles. The number of aliphatic carboxylic acids is 1. The zero-order chi connectivity index (χ0) is 12.7. The highest BCUT2D eigenvalue weighted by molar-refractivity contribution is 5.91. The summed E-state index contributed by atoms with van der Waals surface area (Å²) in [7, 11) is 1.88. The van der Waals surface area contributed by atoms with Crippen LogP contribution >= 0.6 is 0 Å².